The summed E-state index contributed by atoms with van der Waals surface area (Å²) in [4.78, 5) is 51.4. The molecule has 2 rings (SSSR count). The number of rotatable bonds is 6. The second-order valence-corrected chi connectivity index (χ2v) is 8.37. The molecular weight excluding hydrogens is 398 g/mol. The van der Waals surface area contributed by atoms with Gasteiger partial charge in [0.2, 0.25) is 11.8 Å². The van der Waals surface area contributed by atoms with Gasteiger partial charge >= 0.3 is 5.97 Å². The Kier molecular flexibility index (Phi) is 7.24. The molecule has 1 saturated heterocycles. The third-order valence-electron chi connectivity index (χ3n) is 4.19. The molecule has 1 fully saturated rings. The van der Waals surface area contributed by atoms with Gasteiger partial charge < -0.3 is 19.9 Å². The minimum absolute atomic E-state index is 0.0954. The van der Waals surface area contributed by atoms with Crippen molar-refractivity contribution in [2.75, 3.05) is 31.6 Å². The fraction of sp³-hybridized carbons (Fsp3) is 0.500. The molecule has 29 heavy (non-hydrogen) atoms. The van der Waals surface area contributed by atoms with Crippen LogP contribution in [0, 0.1) is 0 Å². The average molecular weight is 424 g/mol. The Labute approximate surface area is 175 Å². The molecule has 0 radical (unpaired) electrons. The molecule has 0 spiro atoms. The highest BCUT2D eigenvalue weighted by molar-refractivity contribution is 6.31. The van der Waals surface area contributed by atoms with Gasteiger partial charge in [-0.05, 0) is 45.4 Å². The monoisotopic (exact) mass is 423 g/mol. The van der Waals surface area contributed by atoms with E-state index >= 15 is 0 Å². The number of esters is 1. The minimum Gasteiger partial charge on any atom is -0.452 e. The molecule has 0 unspecified atom stereocenters. The molecule has 8 nitrogen and oxygen atoms in total. The van der Waals surface area contributed by atoms with E-state index in [-0.39, 0.29) is 23.9 Å². The summed E-state index contributed by atoms with van der Waals surface area (Å²) in [5.74, 6) is -1.67. The first-order valence-corrected chi connectivity index (χ1v) is 9.68. The van der Waals surface area contributed by atoms with Crippen molar-refractivity contribution < 1.29 is 23.9 Å². The summed E-state index contributed by atoms with van der Waals surface area (Å²) in [6.07, 6.45) is 1.10. The van der Waals surface area contributed by atoms with E-state index in [4.69, 9.17) is 16.3 Å². The number of hydrogen-bond acceptors (Lipinski definition) is 5. The molecule has 0 saturated carbocycles. The Balaban J connectivity index is 1.99. The summed E-state index contributed by atoms with van der Waals surface area (Å²) < 4.78 is 5.13. The Morgan fingerprint density at radius 3 is 2.55 bits per heavy atom. The lowest BCUT2D eigenvalue weighted by Gasteiger charge is -2.23. The molecule has 1 heterocycles. The van der Waals surface area contributed by atoms with Crippen LogP contribution in [0.1, 0.15) is 44.0 Å². The van der Waals surface area contributed by atoms with E-state index in [0.29, 0.717) is 30.1 Å². The summed E-state index contributed by atoms with van der Waals surface area (Å²) >= 11 is 6.02. The highest BCUT2D eigenvalue weighted by atomic mass is 35.5. The first kappa shape index (κ1) is 22.7. The van der Waals surface area contributed by atoms with E-state index in [9.17, 15) is 19.2 Å². The van der Waals surface area contributed by atoms with Crippen LogP contribution in [0.3, 0.4) is 0 Å². The molecule has 0 bridgehead atoms. The van der Waals surface area contributed by atoms with E-state index < -0.39 is 24.0 Å². The number of ether oxygens (including phenoxy) is 1. The van der Waals surface area contributed by atoms with Crippen LogP contribution < -0.4 is 10.2 Å². The smallest absolute Gasteiger partial charge is 0.340 e. The molecule has 158 valence electrons. The number of anilines is 1. The maximum atomic E-state index is 12.5. The van der Waals surface area contributed by atoms with Gasteiger partial charge in [-0.25, -0.2) is 4.79 Å². The van der Waals surface area contributed by atoms with Crippen LogP contribution in [0.4, 0.5) is 5.69 Å². The van der Waals surface area contributed by atoms with E-state index in [1.165, 1.54) is 35.0 Å². The zero-order valence-electron chi connectivity index (χ0n) is 17.1. The Morgan fingerprint density at radius 2 is 1.97 bits per heavy atom. The quantitative estimate of drug-likeness (QED) is 0.706. The van der Waals surface area contributed by atoms with Crippen molar-refractivity contribution in [1.82, 2.24) is 10.2 Å². The predicted molar refractivity (Wildman–Crippen MR) is 109 cm³/mol. The summed E-state index contributed by atoms with van der Waals surface area (Å²) in [5, 5.41) is 3.14. The van der Waals surface area contributed by atoms with Crippen LogP contribution in [0.25, 0.3) is 0 Å². The lowest BCUT2D eigenvalue weighted by Crippen LogP contribution is -2.46. The Bertz CT molecular complexity index is 819. The molecule has 1 aliphatic heterocycles. The van der Waals surface area contributed by atoms with Crippen LogP contribution in [-0.2, 0) is 19.1 Å². The first-order valence-electron chi connectivity index (χ1n) is 9.30. The number of carbonyl (C=O) groups is 4. The van der Waals surface area contributed by atoms with Crippen LogP contribution in [0.2, 0.25) is 5.02 Å². The van der Waals surface area contributed by atoms with Gasteiger partial charge in [-0.1, -0.05) is 11.6 Å². The zero-order valence-corrected chi connectivity index (χ0v) is 17.8. The van der Waals surface area contributed by atoms with Gasteiger partial charge in [-0.15, -0.1) is 0 Å². The molecule has 1 N–H and O–H groups in total. The molecule has 0 aliphatic carbocycles. The van der Waals surface area contributed by atoms with Gasteiger partial charge in [0.05, 0.1) is 17.8 Å². The predicted octanol–water partition coefficient (Wildman–Crippen LogP) is 2.00. The molecule has 1 aromatic rings. The lowest BCUT2D eigenvalue weighted by atomic mass is 10.1. The molecule has 1 aromatic carbocycles. The van der Waals surface area contributed by atoms with Crippen molar-refractivity contribution >= 4 is 41.0 Å². The Hall–Kier alpha value is -2.61. The third kappa shape index (κ3) is 6.45. The van der Waals surface area contributed by atoms with Crippen molar-refractivity contribution in [3.8, 4) is 0 Å². The number of benzene rings is 1. The van der Waals surface area contributed by atoms with Gasteiger partial charge in [0.15, 0.2) is 6.61 Å². The van der Waals surface area contributed by atoms with Crippen LogP contribution in [0.15, 0.2) is 18.2 Å². The van der Waals surface area contributed by atoms with Gasteiger partial charge in [-0.2, -0.15) is 0 Å². The van der Waals surface area contributed by atoms with Gasteiger partial charge in [0.25, 0.3) is 5.91 Å². The largest absolute Gasteiger partial charge is 0.452 e. The maximum absolute atomic E-state index is 12.5. The number of nitrogens with zero attached hydrogens (tertiary/aromatic N) is 2. The van der Waals surface area contributed by atoms with Gasteiger partial charge in [0.1, 0.15) is 0 Å². The van der Waals surface area contributed by atoms with Crippen molar-refractivity contribution in [1.29, 1.82) is 0 Å². The number of nitrogens with one attached hydrogen (secondary N) is 1. The summed E-state index contributed by atoms with van der Waals surface area (Å²) in [5.41, 5.74) is 0.117. The van der Waals surface area contributed by atoms with Crippen LogP contribution in [-0.4, -0.2) is 60.9 Å². The molecule has 3 amide bonds. The van der Waals surface area contributed by atoms with E-state index in [0.717, 1.165) is 0 Å². The van der Waals surface area contributed by atoms with Gasteiger partial charge in [0, 0.05) is 30.6 Å². The minimum atomic E-state index is -0.739. The SMILES string of the molecule is CN(CC(=O)NC(C)(C)C)C(=O)COC(=O)c1ccc(Cl)cc1N1CCCC1=O. The second-order valence-electron chi connectivity index (χ2n) is 7.93. The second kappa shape index (κ2) is 9.26. The summed E-state index contributed by atoms with van der Waals surface area (Å²) in [6, 6.07) is 4.52. The highest BCUT2D eigenvalue weighted by Crippen LogP contribution is 2.29. The average Bonchev–Trinajstić information content (AvgIpc) is 3.03. The number of amides is 3. The lowest BCUT2D eigenvalue weighted by molar-refractivity contribution is -0.137. The first-order chi connectivity index (χ1) is 13.5. The van der Waals surface area contributed by atoms with E-state index in [1.54, 1.807) is 0 Å². The Morgan fingerprint density at radius 1 is 1.28 bits per heavy atom. The molecule has 0 aromatic heterocycles. The van der Waals surface area contributed by atoms with Crippen molar-refractivity contribution in [3.63, 3.8) is 0 Å². The standard InChI is InChI=1S/C20H26ClN3O5/c1-20(2,3)22-16(25)11-23(4)18(27)12-29-19(28)14-8-7-13(21)10-15(14)24-9-5-6-17(24)26/h7-8,10H,5-6,9,11-12H2,1-4H3,(H,22,25). The number of carbonyl (C=O) groups excluding carboxylic acids is 4. The molecule has 9 heteroatoms. The van der Waals surface area contributed by atoms with E-state index in [2.05, 4.69) is 5.32 Å². The van der Waals surface area contributed by atoms with Crippen molar-refractivity contribution in [3.05, 3.63) is 28.8 Å². The fourth-order valence-electron chi connectivity index (χ4n) is 2.88. The van der Waals surface area contributed by atoms with Crippen molar-refractivity contribution in [2.24, 2.45) is 0 Å². The topological polar surface area (TPSA) is 96.0 Å². The number of likely N-dealkylation sites (N-methyl/N-ethyl adjacent to an activating group) is 1. The number of halogens is 1. The van der Waals surface area contributed by atoms with Crippen LogP contribution >= 0.6 is 11.6 Å². The normalized spacial score (nSPS) is 14.0. The van der Waals surface area contributed by atoms with Crippen LogP contribution in [0.5, 0.6) is 0 Å². The highest BCUT2D eigenvalue weighted by Gasteiger charge is 2.27. The molecule has 0 atom stereocenters. The van der Waals surface area contributed by atoms with E-state index in [1.807, 2.05) is 20.8 Å². The van der Waals surface area contributed by atoms with Gasteiger partial charge in [-0.3, -0.25) is 14.4 Å². The fourth-order valence-corrected chi connectivity index (χ4v) is 3.05. The summed E-state index contributed by atoms with van der Waals surface area (Å²) in [7, 11) is 1.45. The number of hydrogen-bond donors (Lipinski definition) is 1. The molecular formula is C20H26ClN3O5. The zero-order chi connectivity index (χ0) is 21.8. The molecule has 1 aliphatic rings. The van der Waals surface area contributed by atoms with Crippen molar-refractivity contribution in [2.45, 2.75) is 39.2 Å². The summed E-state index contributed by atoms with van der Waals surface area (Å²) in [6.45, 7) is 5.33. The maximum Gasteiger partial charge on any atom is 0.340 e. The third-order valence-corrected chi connectivity index (χ3v) is 4.43.